The minimum atomic E-state index is -0.544. The van der Waals surface area contributed by atoms with E-state index in [0.29, 0.717) is 18.2 Å². The predicted molar refractivity (Wildman–Crippen MR) is 97.6 cm³/mol. The van der Waals surface area contributed by atoms with Crippen LogP contribution in [0, 0.1) is 5.82 Å². The van der Waals surface area contributed by atoms with E-state index in [1.165, 1.54) is 12.1 Å². The van der Waals surface area contributed by atoms with Gasteiger partial charge in [0.05, 0.1) is 0 Å². The number of likely N-dealkylation sites (tertiary alicyclic amines) is 1. The van der Waals surface area contributed by atoms with Crippen LogP contribution in [0.25, 0.3) is 0 Å². The number of halogens is 3. The van der Waals surface area contributed by atoms with Crippen LogP contribution in [0.2, 0.25) is 0 Å². The van der Waals surface area contributed by atoms with Crippen LogP contribution < -0.4 is 0 Å². The Morgan fingerprint density at radius 2 is 1.72 bits per heavy atom. The Morgan fingerprint density at radius 1 is 1.04 bits per heavy atom. The van der Waals surface area contributed by atoms with E-state index in [0.717, 1.165) is 57.2 Å². The van der Waals surface area contributed by atoms with Crippen LogP contribution in [-0.2, 0) is 6.54 Å². The Bertz CT molecular complexity index is 663. The molecule has 3 aliphatic rings. The lowest BCUT2D eigenvalue weighted by Crippen LogP contribution is -2.49. The summed E-state index contributed by atoms with van der Waals surface area (Å²) in [5.41, 5.74) is 1.48. The second-order valence-corrected chi connectivity index (χ2v) is 9.23. The summed E-state index contributed by atoms with van der Waals surface area (Å²) in [5.74, 6) is -0.213. The van der Waals surface area contributed by atoms with E-state index in [1.54, 1.807) is 6.07 Å². The SMILES string of the molecule is O=C1c2ccc(F)cc2CN1C1CCN(C2CCC(Cl)(Cl)CC2)CC1. The first-order valence-electron chi connectivity index (χ1n) is 9.14. The van der Waals surface area contributed by atoms with Gasteiger partial charge >= 0.3 is 0 Å². The molecule has 1 aromatic rings. The van der Waals surface area contributed by atoms with Gasteiger partial charge in [-0.15, -0.1) is 23.2 Å². The van der Waals surface area contributed by atoms with Gasteiger partial charge in [0.25, 0.3) is 5.91 Å². The Balaban J connectivity index is 1.35. The highest BCUT2D eigenvalue weighted by atomic mass is 35.5. The lowest BCUT2D eigenvalue weighted by Gasteiger charge is -2.43. The number of benzene rings is 1. The highest BCUT2D eigenvalue weighted by molar-refractivity contribution is 6.48. The topological polar surface area (TPSA) is 23.6 Å². The maximum absolute atomic E-state index is 13.4. The molecule has 0 radical (unpaired) electrons. The van der Waals surface area contributed by atoms with Crippen LogP contribution in [0.1, 0.15) is 54.4 Å². The van der Waals surface area contributed by atoms with Crippen molar-refractivity contribution < 1.29 is 9.18 Å². The molecule has 1 amide bonds. The van der Waals surface area contributed by atoms with Gasteiger partial charge in [0.15, 0.2) is 0 Å². The van der Waals surface area contributed by atoms with Gasteiger partial charge in [-0.25, -0.2) is 4.39 Å². The molecule has 1 aromatic carbocycles. The number of rotatable bonds is 2. The monoisotopic (exact) mass is 384 g/mol. The average molecular weight is 385 g/mol. The lowest BCUT2D eigenvalue weighted by atomic mass is 9.91. The van der Waals surface area contributed by atoms with E-state index in [2.05, 4.69) is 4.90 Å². The zero-order chi connectivity index (χ0) is 17.6. The lowest BCUT2D eigenvalue weighted by molar-refractivity contribution is 0.0504. The quantitative estimate of drug-likeness (QED) is 0.707. The second kappa shape index (κ2) is 6.71. The maximum atomic E-state index is 13.4. The molecular formula is C19H23Cl2FN2O. The summed E-state index contributed by atoms with van der Waals surface area (Å²) in [6.07, 6.45) is 5.76. The molecule has 0 bridgehead atoms. The molecule has 2 aliphatic heterocycles. The van der Waals surface area contributed by atoms with E-state index < -0.39 is 4.33 Å². The fourth-order valence-electron chi connectivity index (χ4n) is 4.56. The standard InChI is InChI=1S/C19H23Cl2FN2O/c20-19(21)7-3-15(4-8-19)23-9-5-16(6-10-23)24-12-13-11-14(22)1-2-17(13)18(24)25/h1-2,11,15-16H,3-10,12H2. The molecule has 0 atom stereocenters. The number of hydrogen-bond acceptors (Lipinski definition) is 2. The van der Waals surface area contributed by atoms with Crippen LogP contribution in [0.4, 0.5) is 4.39 Å². The Morgan fingerprint density at radius 3 is 2.40 bits per heavy atom. The largest absolute Gasteiger partial charge is 0.331 e. The summed E-state index contributed by atoms with van der Waals surface area (Å²) in [6, 6.07) is 5.30. The zero-order valence-corrected chi connectivity index (χ0v) is 15.7. The van der Waals surface area contributed by atoms with Crippen molar-refractivity contribution in [3.8, 4) is 0 Å². The molecule has 1 saturated heterocycles. The number of piperidine rings is 1. The Labute approximate surface area is 158 Å². The average Bonchev–Trinajstić information content (AvgIpc) is 2.91. The summed E-state index contributed by atoms with van der Waals surface area (Å²) in [6.45, 7) is 2.55. The molecule has 0 unspecified atom stereocenters. The molecule has 1 saturated carbocycles. The molecule has 3 nitrogen and oxygen atoms in total. The van der Waals surface area contributed by atoms with Crippen LogP contribution in [0.15, 0.2) is 18.2 Å². The number of amides is 1. The molecule has 2 heterocycles. The van der Waals surface area contributed by atoms with Gasteiger partial charge in [-0.05, 0) is 62.3 Å². The number of fused-ring (bicyclic) bond motifs is 1. The van der Waals surface area contributed by atoms with E-state index >= 15 is 0 Å². The van der Waals surface area contributed by atoms with Gasteiger partial charge in [0.2, 0.25) is 0 Å². The third-order valence-electron chi connectivity index (χ3n) is 6.04. The zero-order valence-electron chi connectivity index (χ0n) is 14.2. The number of hydrogen-bond donors (Lipinski definition) is 0. The summed E-state index contributed by atoms with van der Waals surface area (Å²) in [4.78, 5) is 17.1. The normalized spacial score (nSPS) is 25.4. The van der Waals surface area contributed by atoms with Crippen molar-refractivity contribution in [1.29, 1.82) is 0 Å². The summed E-state index contributed by atoms with van der Waals surface area (Å²) in [7, 11) is 0. The predicted octanol–water partition coefficient (Wildman–Crippen LogP) is 4.36. The van der Waals surface area contributed by atoms with Gasteiger partial charge in [0.1, 0.15) is 10.2 Å². The maximum Gasteiger partial charge on any atom is 0.254 e. The fraction of sp³-hybridized carbons (Fsp3) is 0.632. The third-order valence-corrected chi connectivity index (χ3v) is 6.80. The number of nitrogens with zero attached hydrogens (tertiary/aromatic N) is 2. The first kappa shape index (κ1) is 17.6. The molecule has 6 heteroatoms. The second-order valence-electron chi connectivity index (χ2n) is 7.59. The number of carbonyl (C=O) groups is 1. The van der Waals surface area contributed by atoms with Gasteiger partial charge in [-0.3, -0.25) is 4.79 Å². The minimum Gasteiger partial charge on any atom is -0.331 e. The highest BCUT2D eigenvalue weighted by Crippen LogP contribution is 2.40. The summed E-state index contributed by atoms with van der Waals surface area (Å²) in [5, 5.41) is 0. The number of alkyl halides is 2. The van der Waals surface area contributed by atoms with Crippen LogP contribution in [-0.4, -0.2) is 45.2 Å². The molecule has 0 spiro atoms. The van der Waals surface area contributed by atoms with Crippen molar-refractivity contribution >= 4 is 29.1 Å². The van der Waals surface area contributed by atoms with E-state index in [1.807, 2.05) is 4.90 Å². The first-order valence-corrected chi connectivity index (χ1v) is 9.90. The smallest absolute Gasteiger partial charge is 0.254 e. The molecule has 4 rings (SSSR count). The van der Waals surface area contributed by atoms with Crippen LogP contribution in [0.5, 0.6) is 0 Å². The van der Waals surface area contributed by atoms with Crippen molar-refractivity contribution in [3.63, 3.8) is 0 Å². The molecule has 25 heavy (non-hydrogen) atoms. The molecular weight excluding hydrogens is 362 g/mol. The van der Waals surface area contributed by atoms with Crippen LogP contribution in [0.3, 0.4) is 0 Å². The van der Waals surface area contributed by atoms with Gasteiger partial charge in [-0.2, -0.15) is 0 Å². The first-order chi connectivity index (χ1) is 11.9. The summed E-state index contributed by atoms with van der Waals surface area (Å²) < 4.78 is 12.9. The van der Waals surface area contributed by atoms with E-state index in [4.69, 9.17) is 23.2 Å². The van der Waals surface area contributed by atoms with Crippen LogP contribution >= 0.6 is 23.2 Å². The Kier molecular flexibility index (Phi) is 4.72. The van der Waals surface area contributed by atoms with Gasteiger partial charge in [-0.1, -0.05) is 0 Å². The molecule has 0 N–H and O–H groups in total. The molecule has 136 valence electrons. The van der Waals surface area contributed by atoms with Gasteiger partial charge < -0.3 is 9.80 Å². The minimum absolute atomic E-state index is 0.0557. The van der Waals surface area contributed by atoms with Crippen molar-refractivity contribution in [2.24, 2.45) is 0 Å². The molecule has 0 aromatic heterocycles. The van der Waals surface area contributed by atoms with Crippen molar-refractivity contribution in [1.82, 2.24) is 9.80 Å². The third kappa shape index (κ3) is 3.54. The van der Waals surface area contributed by atoms with E-state index in [-0.39, 0.29) is 17.8 Å². The van der Waals surface area contributed by atoms with Crippen molar-refractivity contribution in [2.45, 2.75) is 61.5 Å². The van der Waals surface area contributed by atoms with E-state index in [9.17, 15) is 9.18 Å². The van der Waals surface area contributed by atoms with Gasteiger partial charge in [0, 0.05) is 37.3 Å². The summed E-state index contributed by atoms with van der Waals surface area (Å²) >= 11 is 12.5. The number of carbonyl (C=O) groups excluding carboxylic acids is 1. The molecule has 2 fully saturated rings. The molecule has 1 aliphatic carbocycles. The highest BCUT2D eigenvalue weighted by Gasteiger charge is 2.38. The van der Waals surface area contributed by atoms with Crippen molar-refractivity contribution in [3.05, 3.63) is 35.1 Å². The van der Waals surface area contributed by atoms with Crippen molar-refractivity contribution in [2.75, 3.05) is 13.1 Å². The Hall–Kier alpha value is -0.840. The fourth-order valence-corrected chi connectivity index (χ4v) is 5.00.